The summed E-state index contributed by atoms with van der Waals surface area (Å²) >= 11 is 17.9. The van der Waals surface area contributed by atoms with Crippen LogP contribution in [0.25, 0.3) is 17.1 Å². The van der Waals surface area contributed by atoms with Crippen LogP contribution in [0.15, 0.2) is 48.7 Å². The quantitative estimate of drug-likeness (QED) is 0.468. The molecule has 7 nitrogen and oxygen atoms in total. The highest BCUT2D eigenvalue weighted by Crippen LogP contribution is 2.26. The molecule has 0 spiro atoms. The summed E-state index contributed by atoms with van der Waals surface area (Å²) in [5, 5.41) is 16.8. The van der Waals surface area contributed by atoms with E-state index in [0.29, 0.717) is 38.3 Å². The van der Waals surface area contributed by atoms with Gasteiger partial charge in [0.15, 0.2) is 0 Å². The molecule has 0 saturated heterocycles. The second kappa shape index (κ2) is 7.75. The second-order valence-corrected chi connectivity index (χ2v) is 7.15. The fraction of sp³-hybridized carbons (Fsp3) is 0.111. The van der Waals surface area contributed by atoms with Crippen molar-refractivity contribution in [3.8, 4) is 22.8 Å². The van der Waals surface area contributed by atoms with Gasteiger partial charge >= 0.3 is 0 Å². The summed E-state index contributed by atoms with van der Waals surface area (Å²) < 4.78 is 7.30. The van der Waals surface area contributed by atoms with E-state index >= 15 is 0 Å². The average Bonchev–Trinajstić information content (AvgIpc) is 3.31. The minimum absolute atomic E-state index is 0.423. The number of nitrogens with zero attached hydrogens (tertiary/aromatic N) is 5. The molecule has 28 heavy (non-hydrogen) atoms. The summed E-state index contributed by atoms with van der Waals surface area (Å²) in [4.78, 5) is 1.51. The largest absolute Gasteiger partial charge is 0.497 e. The molecule has 0 amide bonds. The highest BCUT2D eigenvalue weighted by molar-refractivity contribution is 7.71. The average molecular weight is 433 g/mol. The Kier molecular flexibility index (Phi) is 5.17. The number of hydrogen-bond donors (Lipinski definition) is 1. The number of aromatic nitrogens is 6. The molecule has 1 N–H and O–H groups in total. The minimum Gasteiger partial charge on any atom is -0.497 e. The predicted molar refractivity (Wildman–Crippen MR) is 110 cm³/mol. The first-order valence-electron chi connectivity index (χ1n) is 8.22. The zero-order chi connectivity index (χ0) is 19.7. The zero-order valence-electron chi connectivity index (χ0n) is 14.6. The molecule has 0 aliphatic carbocycles. The van der Waals surface area contributed by atoms with Crippen molar-refractivity contribution in [1.82, 2.24) is 30.0 Å². The van der Waals surface area contributed by atoms with Crippen LogP contribution < -0.4 is 4.74 Å². The van der Waals surface area contributed by atoms with Gasteiger partial charge in [0.1, 0.15) is 10.4 Å². The Balaban J connectivity index is 1.61. The minimum atomic E-state index is 0.423. The molecule has 0 atom stereocenters. The van der Waals surface area contributed by atoms with Crippen LogP contribution in [-0.2, 0) is 6.54 Å². The summed E-state index contributed by atoms with van der Waals surface area (Å²) in [5.74, 6) is 1.22. The van der Waals surface area contributed by atoms with Crippen LogP contribution in [0.2, 0.25) is 10.0 Å². The van der Waals surface area contributed by atoms with Gasteiger partial charge < -0.3 is 4.74 Å². The number of rotatable bonds is 5. The van der Waals surface area contributed by atoms with E-state index in [2.05, 4.69) is 20.5 Å². The fourth-order valence-electron chi connectivity index (χ4n) is 2.68. The summed E-state index contributed by atoms with van der Waals surface area (Å²) in [6, 6.07) is 12.8. The van der Waals surface area contributed by atoms with Gasteiger partial charge in [0.05, 0.1) is 29.9 Å². The van der Waals surface area contributed by atoms with Gasteiger partial charge in [0.25, 0.3) is 0 Å². The maximum Gasteiger partial charge on any atom is 0.209 e. The van der Waals surface area contributed by atoms with Gasteiger partial charge in [-0.25, -0.2) is 4.68 Å². The first-order chi connectivity index (χ1) is 13.5. The Bertz CT molecular complexity index is 1180. The molecule has 0 saturated carbocycles. The molecule has 0 fully saturated rings. The molecule has 0 radical (unpaired) electrons. The Hall–Kier alpha value is -2.68. The van der Waals surface area contributed by atoms with Gasteiger partial charge in [-0.2, -0.15) is 4.80 Å². The second-order valence-electron chi connectivity index (χ2n) is 5.91. The van der Waals surface area contributed by atoms with Crippen molar-refractivity contribution in [2.24, 2.45) is 0 Å². The van der Waals surface area contributed by atoms with Crippen LogP contribution in [0.4, 0.5) is 0 Å². The van der Waals surface area contributed by atoms with Crippen LogP contribution >= 0.6 is 35.4 Å². The third-order valence-electron chi connectivity index (χ3n) is 4.10. The standard InChI is InChI=1S/C18H14Cl2N6OS/c1-27-13-5-2-11(3-6-13)10-25-23-17(22-24-25)14-9-21-26(18(14)28)16-8-12(19)4-7-15(16)20/h2-9,21H,10H2,1H3. The predicted octanol–water partition coefficient (Wildman–Crippen LogP) is 4.55. The molecule has 0 aliphatic heterocycles. The van der Waals surface area contributed by atoms with E-state index in [9.17, 15) is 0 Å². The monoisotopic (exact) mass is 432 g/mol. The lowest BCUT2D eigenvalue weighted by atomic mass is 10.2. The van der Waals surface area contributed by atoms with Gasteiger partial charge in [-0.1, -0.05) is 47.6 Å². The van der Waals surface area contributed by atoms with Gasteiger partial charge in [0, 0.05) is 11.2 Å². The third-order valence-corrected chi connectivity index (χ3v) is 5.05. The van der Waals surface area contributed by atoms with E-state index in [0.717, 1.165) is 11.3 Å². The van der Waals surface area contributed by atoms with Crippen molar-refractivity contribution < 1.29 is 4.74 Å². The van der Waals surface area contributed by atoms with E-state index in [4.69, 9.17) is 40.2 Å². The van der Waals surface area contributed by atoms with E-state index in [-0.39, 0.29) is 0 Å². The number of hydrogen-bond acceptors (Lipinski definition) is 5. The van der Waals surface area contributed by atoms with E-state index in [1.54, 1.807) is 36.2 Å². The molecule has 2 aromatic carbocycles. The molecule has 142 valence electrons. The van der Waals surface area contributed by atoms with Crippen LogP contribution in [0.5, 0.6) is 5.75 Å². The van der Waals surface area contributed by atoms with Crippen LogP contribution in [-0.4, -0.2) is 37.1 Å². The molecular weight excluding hydrogens is 419 g/mol. The number of H-pyrrole nitrogens is 1. The normalized spacial score (nSPS) is 11.0. The fourth-order valence-corrected chi connectivity index (χ4v) is 3.35. The van der Waals surface area contributed by atoms with E-state index in [1.807, 2.05) is 24.3 Å². The van der Waals surface area contributed by atoms with Gasteiger partial charge in [-0.05, 0) is 41.1 Å². The lowest BCUT2D eigenvalue weighted by molar-refractivity contribution is 0.414. The summed E-state index contributed by atoms with van der Waals surface area (Å²) in [5.41, 5.74) is 2.32. The van der Waals surface area contributed by atoms with Gasteiger partial charge in [0.2, 0.25) is 5.82 Å². The smallest absolute Gasteiger partial charge is 0.209 e. The Morgan fingerprint density at radius 3 is 2.68 bits per heavy atom. The van der Waals surface area contributed by atoms with Crippen LogP contribution in [0.1, 0.15) is 5.56 Å². The van der Waals surface area contributed by atoms with E-state index in [1.165, 1.54) is 4.80 Å². The summed E-state index contributed by atoms with van der Waals surface area (Å²) in [6.45, 7) is 0.480. The Morgan fingerprint density at radius 1 is 1.14 bits per heavy atom. The Labute approximate surface area is 175 Å². The van der Waals surface area contributed by atoms with E-state index < -0.39 is 0 Å². The van der Waals surface area contributed by atoms with Crippen molar-refractivity contribution in [3.05, 3.63) is 68.9 Å². The molecular formula is C18H14Cl2N6OS. The summed E-state index contributed by atoms with van der Waals surface area (Å²) in [7, 11) is 1.63. The van der Waals surface area contributed by atoms with Gasteiger partial charge in [-0.3, -0.25) is 5.10 Å². The Morgan fingerprint density at radius 2 is 1.93 bits per heavy atom. The van der Waals surface area contributed by atoms with Crippen molar-refractivity contribution >= 4 is 35.4 Å². The molecule has 0 bridgehead atoms. The number of tetrazole rings is 1. The first kappa shape index (κ1) is 18.7. The number of methoxy groups -OCH3 is 1. The molecule has 2 aromatic heterocycles. The molecule has 0 unspecified atom stereocenters. The number of aromatic amines is 1. The SMILES string of the molecule is COc1ccc(Cn2nnc(-c3c[nH]n(-c4cc(Cl)ccc4Cl)c3=S)n2)cc1. The lowest BCUT2D eigenvalue weighted by Gasteiger charge is -2.05. The molecule has 2 heterocycles. The highest BCUT2D eigenvalue weighted by Gasteiger charge is 2.14. The maximum absolute atomic E-state index is 6.27. The molecule has 10 heteroatoms. The number of halogens is 2. The molecule has 4 rings (SSSR count). The van der Waals surface area contributed by atoms with Crippen molar-refractivity contribution in [2.45, 2.75) is 6.54 Å². The van der Waals surface area contributed by atoms with Crippen molar-refractivity contribution in [3.63, 3.8) is 0 Å². The van der Waals surface area contributed by atoms with Gasteiger partial charge in [-0.15, -0.1) is 10.2 Å². The third kappa shape index (κ3) is 3.66. The van der Waals surface area contributed by atoms with Crippen LogP contribution in [0.3, 0.4) is 0 Å². The number of nitrogens with one attached hydrogen (secondary N) is 1. The summed E-state index contributed by atoms with van der Waals surface area (Å²) in [6.07, 6.45) is 1.72. The number of ether oxygens (including phenoxy) is 1. The first-order valence-corrected chi connectivity index (χ1v) is 9.38. The molecule has 0 aliphatic rings. The van der Waals surface area contributed by atoms with Crippen molar-refractivity contribution in [1.29, 1.82) is 0 Å². The maximum atomic E-state index is 6.27. The zero-order valence-corrected chi connectivity index (χ0v) is 17.0. The molecule has 4 aromatic rings. The number of benzene rings is 2. The lowest BCUT2D eigenvalue weighted by Crippen LogP contribution is -2.04. The van der Waals surface area contributed by atoms with Crippen LogP contribution in [0, 0.1) is 4.64 Å². The van der Waals surface area contributed by atoms with Crippen molar-refractivity contribution in [2.75, 3.05) is 7.11 Å². The topological polar surface area (TPSA) is 73.5 Å². The highest BCUT2D eigenvalue weighted by atomic mass is 35.5.